The van der Waals surface area contributed by atoms with E-state index in [1.807, 2.05) is 42.5 Å². The molecule has 3 N–H and O–H groups in total. The zero-order valence-electron chi connectivity index (χ0n) is 13.8. The molecule has 0 saturated heterocycles. The average molecular weight is 364 g/mol. The Balaban J connectivity index is 1.51. The van der Waals surface area contributed by atoms with E-state index in [0.29, 0.717) is 22.9 Å². The highest BCUT2D eigenvalue weighted by molar-refractivity contribution is 7.13. The molecule has 0 unspecified atom stereocenters. The summed E-state index contributed by atoms with van der Waals surface area (Å²) in [4.78, 5) is 30.4. The van der Waals surface area contributed by atoms with Gasteiger partial charge in [0.15, 0.2) is 5.13 Å². The number of nitrogen functional groups attached to an aromatic ring is 1. The zero-order valence-corrected chi connectivity index (χ0v) is 14.6. The first-order valence-electron chi connectivity index (χ1n) is 8.07. The monoisotopic (exact) mass is 364 g/mol. The zero-order chi connectivity index (χ0) is 18.1. The molecule has 1 aliphatic rings. The van der Waals surface area contributed by atoms with Crippen LogP contribution in [-0.4, -0.2) is 28.2 Å². The Morgan fingerprint density at radius 2 is 2.08 bits per heavy atom. The van der Waals surface area contributed by atoms with Crippen LogP contribution in [0, 0.1) is 0 Å². The molecule has 26 heavy (non-hydrogen) atoms. The minimum absolute atomic E-state index is 0.000706. The molecule has 0 atom stereocenters. The van der Waals surface area contributed by atoms with Crippen LogP contribution in [0.15, 0.2) is 54.0 Å². The normalized spacial score (nSPS) is 12.9. The topological polar surface area (TPSA) is 88.3 Å². The molecule has 0 radical (unpaired) electrons. The lowest BCUT2D eigenvalue weighted by Crippen LogP contribution is -2.33. The number of aromatic nitrogens is 1. The first kappa shape index (κ1) is 16.3. The lowest BCUT2D eigenvalue weighted by atomic mass is 10.00. The van der Waals surface area contributed by atoms with Gasteiger partial charge in [0.25, 0.3) is 5.91 Å². The van der Waals surface area contributed by atoms with Gasteiger partial charge in [-0.25, -0.2) is 4.98 Å². The number of nitrogens with two attached hydrogens (primary N) is 1. The highest BCUT2D eigenvalue weighted by atomic mass is 32.1. The molecule has 0 aliphatic carbocycles. The summed E-state index contributed by atoms with van der Waals surface area (Å²) in [6, 6.07) is 13.3. The molecule has 0 spiro atoms. The number of nitrogens with one attached hydrogen (secondary N) is 1. The first-order valence-corrected chi connectivity index (χ1v) is 8.95. The molecular formula is C19H16N4O2S. The summed E-state index contributed by atoms with van der Waals surface area (Å²) < 4.78 is 0. The summed E-state index contributed by atoms with van der Waals surface area (Å²) >= 11 is 1.34. The number of hydrogen-bond donors (Lipinski definition) is 2. The van der Waals surface area contributed by atoms with Gasteiger partial charge in [-0.1, -0.05) is 24.3 Å². The minimum atomic E-state index is -0.253. The fraction of sp³-hybridized carbons (Fsp3) is 0.105. The number of amides is 2. The smallest absolute Gasteiger partial charge is 0.254 e. The van der Waals surface area contributed by atoms with Crippen LogP contribution in [0.2, 0.25) is 0 Å². The third-order valence-electron chi connectivity index (χ3n) is 4.22. The molecule has 130 valence electrons. The lowest BCUT2D eigenvalue weighted by molar-refractivity contribution is -0.116. The lowest BCUT2D eigenvalue weighted by Gasteiger charge is -2.14. The predicted octanol–water partition coefficient (Wildman–Crippen LogP) is 2.99. The van der Waals surface area contributed by atoms with Gasteiger partial charge in [0.05, 0.1) is 0 Å². The van der Waals surface area contributed by atoms with Crippen molar-refractivity contribution in [2.75, 3.05) is 17.6 Å². The number of carbonyl (C=O) groups is 2. The van der Waals surface area contributed by atoms with Gasteiger partial charge < -0.3 is 16.0 Å². The molecule has 3 aromatic rings. The average Bonchev–Trinajstić information content (AvgIpc) is 3.23. The molecule has 0 saturated carbocycles. The first-order chi connectivity index (χ1) is 12.6. The fourth-order valence-corrected chi connectivity index (χ4v) is 3.55. The van der Waals surface area contributed by atoms with E-state index in [4.69, 9.17) is 5.73 Å². The van der Waals surface area contributed by atoms with E-state index in [-0.39, 0.29) is 18.4 Å². The van der Waals surface area contributed by atoms with Gasteiger partial charge in [-0.05, 0) is 34.9 Å². The number of hydrogen-bond acceptors (Lipinski definition) is 5. The number of rotatable bonds is 4. The number of thiazole rings is 1. The fourth-order valence-electron chi connectivity index (χ4n) is 3.00. The van der Waals surface area contributed by atoms with Crippen LogP contribution in [-0.2, 0) is 11.3 Å². The van der Waals surface area contributed by atoms with Gasteiger partial charge in [0.2, 0.25) is 5.91 Å². The summed E-state index contributed by atoms with van der Waals surface area (Å²) in [5, 5.41) is 5.01. The summed E-state index contributed by atoms with van der Waals surface area (Å²) in [6.45, 7) is 0.428. The predicted molar refractivity (Wildman–Crippen MR) is 102 cm³/mol. The maximum atomic E-state index is 12.7. The molecular weight excluding hydrogens is 348 g/mol. The second-order valence-electron chi connectivity index (χ2n) is 6.04. The van der Waals surface area contributed by atoms with Gasteiger partial charge >= 0.3 is 0 Å². The second-order valence-corrected chi connectivity index (χ2v) is 6.94. The van der Waals surface area contributed by atoms with Crippen LogP contribution < -0.4 is 11.1 Å². The third kappa shape index (κ3) is 3.16. The van der Waals surface area contributed by atoms with Gasteiger partial charge in [-0.3, -0.25) is 9.59 Å². The number of carbonyl (C=O) groups excluding carboxylic acids is 2. The summed E-state index contributed by atoms with van der Waals surface area (Å²) in [7, 11) is 0. The van der Waals surface area contributed by atoms with Gasteiger partial charge in [-0.2, -0.15) is 0 Å². The van der Waals surface area contributed by atoms with Crippen molar-refractivity contribution < 1.29 is 9.59 Å². The van der Waals surface area contributed by atoms with Gasteiger partial charge in [-0.15, -0.1) is 11.3 Å². The highest BCUT2D eigenvalue weighted by Crippen LogP contribution is 2.29. The van der Waals surface area contributed by atoms with Crippen LogP contribution in [0.25, 0.3) is 11.1 Å². The van der Waals surface area contributed by atoms with E-state index in [0.717, 1.165) is 16.7 Å². The maximum Gasteiger partial charge on any atom is 0.254 e. The quantitative estimate of drug-likeness (QED) is 0.697. The van der Waals surface area contributed by atoms with Gasteiger partial charge in [0, 0.05) is 29.4 Å². The molecule has 4 rings (SSSR count). The Kier molecular flexibility index (Phi) is 4.14. The Hall–Kier alpha value is -3.19. The van der Waals surface area contributed by atoms with E-state index >= 15 is 0 Å². The summed E-state index contributed by atoms with van der Waals surface area (Å²) in [6.07, 6.45) is 1.62. The van der Waals surface area contributed by atoms with E-state index < -0.39 is 0 Å². The SMILES string of the molecule is Nc1cccc(-c2ccc3c(c2)C(=O)N(CC(=O)Nc2nccs2)C3)c1. The molecule has 1 aromatic heterocycles. The van der Waals surface area contributed by atoms with Crippen molar-refractivity contribution in [1.29, 1.82) is 0 Å². The molecule has 7 heteroatoms. The second kappa shape index (κ2) is 6.61. The van der Waals surface area contributed by atoms with Gasteiger partial charge in [0.1, 0.15) is 6.54 Å². The Morgan fingerprint density at radius 1 is 1.23 bits per heavy atom. The van der Waals surface area contributed by atoms with Crippen LogP contribution >= 0.6 is 11.3 Å². The Labute approximate surface area is 154 Å². The largest absolute Gasteiger partial charge is 0.399 e. The Bertz CT molecular complexity index is 985. The van der Waals surface area contributed by atoms with Crippen LogP contribution in [0.4, 0.5) is 10.8 Å². The van der Waals surface area contributed by atoms with Crippen LogP contribution in [0.3, 0.4) is 0 Å². The van der Waals surface area contributed by atoms with E-state index in [2.05, 4.69) is 10.3 Å². The number of nitrogens with zero attached hydrogens (tertiary/aromatic N) is 2. The standard InChI is InChI=1S/C19H16N4O2S/c20-15-3-1-2-12(8-15)13-4-5-14-10-23(18(25)16(14)9-13)11-17(24)22-19-21-6-7-26-19/h1-9H,10-11,20H2,(H,21,22,24). The highest BCUT2D eigenvalue weighted by Gasteiger charge is 2.29. The van der Waals surface area contributed by atoms with Crippen molar-refractivity contribution in [3.8, 4) is 11.1 Å². The van der Waals surface area contributed by atoms with E-state index in [1.165, 1.54) is 16.2 Å². The van der Waals surface area contributed by atoms with Crippen molar-refractivity contribution >= 4 is 34.0 Å². The molecule has 6 nitrogen and oxygen atoms in total. The molecule has 2 heterocycles. The molecule has 1 aliphatic heterocycles. The molecule has 2 aromatic carbocycles. The third-order valence-corrected chi connectivity index (χ3v) is 4.91. The maximum absolute atomic E-state index is 12.7. The summed E-state index contributed by atoms with van der Waals surface area (Å²) in [5.41, 5.74) is 9.96. The number of benzene rings is 2. The summed E-state index contributed by atoms with van der Waals surface area (Å²) in [5.74, 6) is -0.391. The van der Waals surface area contributed by atoms with Crippen molar-refractivity contribution in [1.82, 2.24) is 9.88 Å². The van der Waals surface area contributed by atoms with E-state index in [9.17, 15) is 9.59 Å². The molecule has 0 bridgehead atoms. The van der Waals surface area contributed by atoms with Crippen LogP contribution in [0.1, 0.15) is 15.9 Å². The van der Waals surface area contributed by atoms with Crippen molar-refractivity contribution in [2.45, 2.75) is 6.54 Å². The van der Waals surface area contributed by atoms with Crippen molar-refractivity contribution in [2.24, 2.45) is 0 Å². The number of fused-ring (bicyclic) bond motifs is 1. The van der Waals surface area contributed by atoms with Crippen LogP contribution in [0.5, 0.6) is 0 Å². The molecule has 0 fully saturated rings. The van der Waals surface area contributed by atoms with E-state index in [1.54, 1.807) is 11.6 Å². The van der Waals surface area contributed by atoms with Crippen molar-refractivity contribution in [3.05, 3.63) is 65.2 Å². The molecule has 2 amide bonds. The number of anilines is 2. The van der Waals surface area contributed by atoms with Crippen molar-refractivity contribution in [3.63, 3.8) is 0 Å². The Morgan fingerprint density at radius 3 is 2.85 bits per heavy atom. The minimum Gasteiger partial charge on any atom is -0.399 e.